The number of hydrogen-bond acceptors (Lipinski definition) is 2. The third kappa shape index (κ3) is 7.18. The number of halogens is 3. The van der Waals surface area contributed by atoms with Gasteiger partial charge in [0.25, 0.3) is 0 Å². The van der Waals surface area contributed by atoms with Gasteiger partial charge in [-0.3, -0.25) is 5.41 Å². The summed E-state index contributed by atoms with van der Waals surface area (Å²) < 4.78 is 35.9. The molecule has 0 bridgehead atoms. The first-order valence-corrected chi connectivity index (χ1v) is 4.86. The maximum Gasteiger partial charge on any atom is 0.390 e. The number of amidine groups is 1. The highest BCUT2D eigenvalue weighted by Gasteiger charge is 2.28. The molecule has 3 nitrogen and oxygen atoms in total. The normalized spacial score (nSPS) is 14.3. The molecule has 0 aromatic heterocycles. The lowest BCUT2D eigenvalue weighted by Gasteiger charge is -2.27. The third-order valence-corrected chi connectivity index (χ3v) is 2.30. The minimum absolute atomic E-state index is 0.0145. The second-order valence-corrected chi connectivity index (χ2v) is 3.64. The SMILES string of the molecule is CCC(CC(=N)N)N(C)CCC(F)(F)F. The van der Waals surface area contributed by atoms with Crippen molar-refractivity contribution in [3.05, 3.63) is 0 Å². The lowest BCUT2D eigenvalue weighted by atomic mass is 10.1. The Labute approximate surface area is 87.9 Å². The van der Waals surface area contributed by atoms with Gasteiger partial charge in [-0.1, -0.05) is 6.92 Å². The van der Waals surface area contributed by atoms with Crippen LogP contribution < -0.4 is 5.73 Å². The molecule has 0 aliphatic heterocycles. The molecule has 0 heterocycles. The molecule has 0 aromatic carbocycles. The van der Waals surface area contributed by atoms with E-state index >= 15 is 0 Å². The van der Waals surface area contributed by atoms with E-state index in [1.165, 1.54) is 0 Å². The Morgan fingerprint density at radius 1 is 1.47 bits per heavy atom. The van der Waals surface area contributed by atoms with Crippen molar-refractivity contribution < 1.29 is 13.2 Å². The number of nitrogens with one attached hydrogen (secondary N) is 1. The average molecular weight is 225 g/mol. The lowest BCUT2D eigenvalue weighted by Crippen LogP contribution is -2.36. The van der Waals surface area contributed by atoms with Gasteiger partial charge < -0.3 is 10.6 Å². The second-order valence-electron chi connectivity index (χ2n) is 3.64. The molecule has 0 amide bonds. The maximum atomic E-state index is 12.0. The largest absolute Gasteiger partial charge is 0.390 e. The zero-order valence-corrected chi connectivity index (χ0v) is 9.06. The van der Waals surface area contributed by atoms with E-state index in [1.54, 1.807) is 11.9 Å². The van der Waals surface area contributed by atoms with Gasteiger partial charge in [-0.2, -0.15) is 13.2 Å². The van der Waals surface area contributed by atoms with Crippen molar-refractivity contribution in [3.8, 4) is 0 Å². The summed E-state index contributed by atoms with van der Waals surface area (Å²) in [5.74, 6) is 0.0145. The summed E-state index contributed by atoms with van der Waals surface area (Å²) in [5.41, 5.74) is 5.22. The number of rotatable bonds is 6. The fraction of sp³-hybridized carbons (Fsp3) is 0.889. The first-order valence-electron chi connectivity index (χ1n) is 4.86. The van der Waals surface area contributed by atoms with Crippen LogP contribution in [-0.2, 0) is 0 Å². The molecule has 90 valence electrons. The predicted octanol–water partition coefficient (Wildman–Crippen LogP) is 1.98. The highest BCUT2D eigenvalue weighted by molar-refractivity contribution is 5.77. The molecule has 0 aliphatic rings. The molecule has 6 heteroatoms. The van der Waals surface area contributed by atoms with Crippen LogP contribution in [0.5, 0.6) is 0 Å². The highest BCUT2D eigenvalue weighted by atomic mass is 19.4. The molecular formula is C9H18F3N3. The number of hydrogen-bond donors (Lipinski definition) is 2. The molecule has 0 saturated carbocycles. The zero-order chi connectivity index (χ0) is 12.1. The topological polar surface area (TPSA) is 53.1 Å². The molecule has 15 heavy (non-hydrogen) atoms. The van der Waals surface area contributed by atoms with Crippen molar-refractivity contribution in [3.63, 3.8) is 0 Å². The van der Waals surface area contributed by atoms with E-state index in [0.29, 0.717) is 12.8 Å². The van der Waals surface area contributed by atoms with Crippen LogP contribution >= 0.6 is 0 Å². The Hall–Kier alpha value is -0.780. The average Bonchev–Trinajstić information content (AvgIpc) is 2.08. The first-order chi connectivity index (χ1) is 6.76. The van der Waals surface area contributed by atoms with Crippen LogP contribution in [0.25, 0.3) is 0 Å². The quantitative estimate of drug-likeness (QED) is 0.536. The predicted molar refractivity (Wildman–Crippen MR) is 53.9 cm³/mol. The van der Waals surface area contributed by atoms with Crippen LogP contribution in [0.4, 0.5) is 13.2 Å². The van der Waals surface area contributed by atoms with Gasteiger partial charge in [0.2, 0.25) is 0 Å². The van der Waals surface area contributed by atoms with E-state index in [4.69, 9.17) is 11.1 Å². The summed E-state index contributed by atoms with van der Waals surface area (Å²) in [7, 11) is 1.63. The standard InChI is InChI=1S/C9H18F3N3/c1-3-7(6-8(13)14)15(2)5-4-9(10,11)12/h7H,3-6H2,1-2H3,(H3,13,14). The van der Waals surface area contributed by atoms with E-state index in [2.05, 4.69) is 0 Å². The molecule has 1 atom stereocenters. The van der Waals surface area contributed by atoms with E-state index in [-0.39, 0.29) is 18.4 Å². The van der Waals surface area contributed by atoms with Crippen molar-refractivity contribution in [2.45, 2.75) is 38.4 Å². The molecular weight excluding hydrogens is 207 g/mol. The van der Waals surface area contributed by atoms with Crippen LogP contribution in [-0.4, -0.2) is 36.5 Å². The number of nitrogens with zero attached hydrogens (tertiary/aromatic N) is 1. The van der Waals surface area contributed by atoms with Gasteiger partial charge in [-0.15, -0.1) is 0 Å². The van der Waals surface area contributed by atoms with Crippen molar-refractivity contribution in [2.75, 3.05) is 13.6 Å². The number of alkyl halides is 3. The lowest BCUT2D eigenvalue weighted by molar-refractivity contribution is -0.138. The summed E-state index contributed by atoms with van der Waals surface area (Å²) in [5, 5.41) is 7.11. The van der Waals surface area contributed by atoms with Gasteiger partial charge in [-0.05, 0) is 13.5 Å². The van der Waals surface area contributed by atoms with Crippen molar-refractivity contribution >= 4 is 5.84 Å². The van der Waals surface area contributed by atoms with Crippen molar-refractivity contribution in [1.29, 1.82) is 5.41 Å². The molecule has 0 aliphatic carbocycles. The zero-order valence-electron chi connectivity index (χ0n) is 9.06. The molecule has 1 unspecified atom stereocenters. The molecule has 0 rings (SSSR count). The summed E-state index contributed by atoms with van der Waals surface area (Å²) in [4.78, 5) is 1.61. The Balaban J connectivity index is 4.04. The molecule has 3 N–H and O–H groups in total. The van der Waals surface area contributed by atoms with E-state index in [1.807, 2.05) is 6.92 Å². The molecule has 0 saturated heterocycles. The van der Waals surface area contributed by atoms with Crippen LogP contribution in [0.3, 0.4) is 0 Å². The second kappa shape index (κ2) is 5.95. The molecule has 0 radical (unpaired) electrons. The van der Waals surface area contributed by atoms with Gasteiger partial charge in [0.15, 0.2) is 0 Å². The molecule has 0 aromatic rings. The third-order valence-electron chi connectivity index (χ3n) is 2.30. The van der Waals surface area contributed by atoms with Crippen molar-refractivity contribution in [1.82, 2.24) is 4.90 Å². The van der Waals surface area contributed by atoms with Gasteiger partial charge in [0.05, 0.1) is 12.3 Å². The fourth-order valence-corrected chi connectivity index (χ4v) is 1.35. The minimum atomic E-state index is -4.12. The van der Waals surface area contributed by atoms with Crippen molar-refractivity contribution in [2.24, 2.45) is 5.73 Å². The van der Waals surface area contributed by atoms with E-state index in [9.17, 15) is 13.2 Å². The summed E-state index contributed by atoms with van der Waals surface area (Å²) in [6.07, 6.45) is -3.93. The monoisotopic (exact) mass is 225 g/mol. The Morgan fingerprint density at radius 3 is 2.33 bits per heavy atom. The van der Waals surface area contributed by atoms with Gasteiger partial charge >= 0.3 is 6.18 Å². The van der Waals surface area contributed by atoms with Crippen LogP contribution in [0.2, 0.25) is 0 Å². The highest BCUT2D eigenvalue weighted by Crippen LogP contribution is 2.20. The molecule has 0 fully saturated rings. The Kier molecular flexibility index (Phi) is 5.64. The Bertz CT molecular complexity index is 203. The van der Waals surface area contributed by atoms with Crippen LogP contribution in [0.1, 0.15) is 26.2 Å². The molecule has 0 spiro atoms. The van der Waals surface area contributed by atoms with Gasteiger partial charge in [0.1, 0.15) is 0 Å². The Morgan fingerprint density at radius 2 is 2.00 bits per heavy atom. The summed E-state index contributed by atoms with van der Waals surface area (Å²) in [6, 6.07) is -0.0788. The smallest absolute Gasteiger partial charge is 0.388 e. The van der Waals surface area contributed by atoms with E-state index in [0.717, 1.165) is 0 Å². The fourth-order valence-electron chi connectivity index (χ4n) is 1.35. The van der Waals surface area contributed by atoms with Gasteiger partial charge in [-0.25, -0.2) is 0 Å². The van der Waals surface area contributed by atoms with E-state index < -0.39 is 12.6 Å². The van der Waals surface area contributed by atoms with Crippen LogP contribution in [0, 0.1) is 5.41 Å². The maximum absolute atomic E-state index is 12.0. The summed E-state index contributed by atoms with van der Waals surface area (Å²) in [6.45, 7) is 1.83. The van der Waals surface area contributed by atoms with Gasteiger partial charge in [0, 0.05) is 19.0 Å². The summed E-state index contributed by atoms with van der Waals surface area (Å²) >= 11 is 0. The minimum Gasteiger partial charge on any atom is -0.388 e. The number of nitrogens with two attached hydrogens (primary N) is 1. The van der Waals surface area contributed by atoms with Crippen LogP contribution in [0.15, 0.2) is 0 Å². The first kappa shape index (κ1) is 14.2.